The normalized spacial score (nSPS) is 17.6. The number of rotatable bonds is 0. The lowest BCUT2D eigenvalue weighted by atomic mass is 10.0. The molecule has 1 atom stereocenters. The van der Waals surface area contributed by atoms with Crippen molar-refractivity contribution in [1.82, 2.24) is 0 Å². The van der Waals surface area contributed by atoms with Gasteiger partial charge in [0.15, 0.2) is 0 Å². The van der Waals surface area contributed by atoms with Crippen LogP contribution >= 0.6 is 8.15 Å². The highest BCUT2D eigenvalue weighted by molar-refractivity contribution is 7.63. The van der Waals surface area contributed by atoms with Crippen molar-refractivity contribution in [1.29, 1.82) is 0 Å². The minimum Gasteiger partial charge on any atom is -0.468 e. The molecule has 1 heterocycles. The van der Waals surface area contributed by atoms with Gasteiger partial charge in [-0.2, -0.15) is 0 Å². The summed E-state index contributed by atoms with van der Waals surface area (Å²) in [5, 5.41) is 1.51. The SMILES string of the molecule is CC(C)(C)P1Oc2ccccc2-c2ccccc21. The average molecular weight is 256 g/mol. The van der Waals surface area contributed by atoms with E-state index < -0.39 is 8.15 Å². The van der Waals surface area contributed by atoms with Gasteiger partial charge in [-0.25, -0.2) is 0 Å². The topological polar surface area (TPSA) is 9.23 Å². The van der Waals surface area contributed by atoms with E-state index in [1.807, 2.05) is 6.07 Å². The Morgan fingerprint density at radius 1 is 0.833 bits per heavy atom. The summed E-state index contributed by atoms with van der Waals surface area (Å²) in [6.07, 6.45) is 0. The minimum atomic E-state index is -0.615. The van der Waals surface area contributed by atoms with Gasteiger partial charge in [0.25, 0.3) is 0 Å². The Morgan fingerprint density at radius 3 is 2.17 bits per heavy atom. The second-order valence-corrected chi connectivity index (χ2v) is 8.16. The molecule has 2 aromatic carbocycles. The predicted molar refractivity (Wildman–Crippen MR) is 78.8 cm³/mol. The third-order valence-corrected chi connectivity index (χ3v) is 5.52. The van der Waals surface area contributed by atoms with Crippen molar-refractivity contribution >= 4 is 13.5 Å². The van der Waals surface area contributed by atoms with Gasteiger partial charge in [0, 0.05) is 16.0 Å². The van der Waals surface area contributed by atoms with Crippen LogP contribution in [0, 0.1) is 0 Å². The van der Waals surface area contributed by atoms with E-state index in [2.05, 4.69) is 63.2 Å². The number of hydrogen-bond acceptors (Lipinski definition) is 1. The monoisotopic (exact) mass is 256 g/mol. The van der Waals surface area contributed by atoms with E-state index in [4.69, 9.17) is 4.52 Å². The minimum absolute atomic E-state index is 0.152. The summed E-state index contributed by atoms with van der Waals surface area (Å²) in [5.41, 5.74) is 2.55. The molecule has 0 aromatic heterocycles. The van der Waals surface area contributed by atoms with Crippen molar-refractivity contribution in [3.05, 3.63) is 48.5 Å². The maximum Gasteiger partial charge on any atom is 0.131 e. The second kappa shape index (κ2) is 4.10. The Morgan fingerprint density at radius 2 is 1.44 bits per heavy atom. The average Bonchev–Trinajstić information content (AvgIpc) is 2.37. The molecule has 0 fully saturated rings. The molecule has 1 unspecified atom stereocenters. The molecule has 0 radical (unpaired) electrons. The molecule has 0 N–H and O–H groups in total. The van der Waals surface area contributed by atoms with Gasteiger partial charge < -0.3 is 4.52 Å². The van der Waals surface area contributed by atoms with Gasteiger partial charge in [0.1, 0.15) is 13.9 Å². The second-order valence-electron chi connectivity index (χ2n) is 5.57. The molecule has 18 heavy (non-hydrogen) atoms. The summed E-state index contributed by atoms with van der Waals surface area (Å²) in [6.45, 7) is 6.76. The predicted octanol–water partition coefficient (Wildman–Crippen LogP) is 4.57. The molecule has 2 heteroatoms. The summed E-state index contributed by atoms with van der Waals surface area (Å²) in [5.74, 6) is 1.03. The zero-order valence-corrected chi connectivity index (χ0v) is 11.9. The Balaban J connectivity index is 2.23. The van der Waals surface area contributed by atoms with E-state index in [0.29, 0.717) is 0 Å². The smallest absolute Gasteiger partial charge is 0.131 e. The Hall–Kier alpha value is -1.33. The van der Waals surface area contributed by atoms with E-state index in [-0.39, 0.29) is 5.16 Å². The van der Waals surface area contributed by atoms with Crippen LogP contribution < -0.4 is 9.83 Å². The van der Waals surface area contributed by atoms with E-state index in [0.717, 1.165) is 5.75 Å². The molecular weight excluding hydrogens is 239 g/mol. The lowest BCUT2D eigenvalue weighted by molar-refractivity contribution is 0.582. The molecule has 3 rings (SSSR count). The molecular formula is C16H17OP. The van der Waals surface area contributed by atoms with Crippen LogP contribution in [0.25, 0.3) is 11.1 Å². The fourth-order valence-corrected chi connectivity index (χ4v) is 4.38. The molecule has 0 saturated carbocycles. The number of para-hydroxylation sites is 1. The highest BCUT2D eigenvalue weighted by atomic mass is 31.1. The van der Waals surface area contributed by atoms with Crippen LogP contribution in [-0.2, 0) is 0 Å². The molecule has 1 aliphatic heterocycles. The van der Waals surface area contributed by atoms with Gasteiger partial charge in [-0.1, -0.05) is 63.2 Å². The number of benzene rings is 2. The Bertz CT molecular complexity index is 584. The van der Waals surface area contributed by atoms with Gasteiger partial charge in [-0.3, -0.25) is 0 Å². The number of hydrogen-bond donors (Lipinski definition) is 0. The van der Waals surface area contributed by atoms with Crippen molar-refractivity contribution in [2.24, 2.45) is 0 Å². The fraction of sp³-hybridized carbons (Fsp3) is 0.250. The lowest BCUT2D eigenvalue weighted by Crippen LogP contribution is -2.26. The molecule has 0 spiro atoms. The van der Waals surface area contributed by atoms with Crippen LogP contribution in [0.2, 0.25) is 0 Å². The molecule has 0 aliphatic carbocycles. The number of fused-ring (bicyclic) bond motifs is 3. The fourth-order valence-electron chi connectivity index (χ4n) is 2.29. The molecule has 1 aliphatic rings. The van der Waals surface area contributed by atoms with E-state index in [1.54, 1.807) is 0 Å². The maximum absolute atomic E-state index is 6.29. The molecule has 1 nitrogen and oxygen atoms in total. The summed E-state index contributed by atoms with van der Waals surface area (Å²) in [4.78, 5) is 0. The standard InChI is InChI=1S/C16H17OP/c1-16(2,3)18-15-11-7-5-9-13(15)12-8-4-6-10-14(12)17-18/h4-11H,1-3H3. The molecule has 0 saturated heterocycles. The summed E-state index contributed by atoms with van der Waals surface area (Å²) in [7, 11) is -0.615. The highest BCUT2D eigenvalue weighted by Gasteiger charge is 2.34. The van der Waals surface area contributed by atoms with Crippen molar-refractivity contribution in [3.8, 4) is 16.9 Å². The van der Waals surface area contributed by atoms with Gasteiger partial charge in [0.05, 0.1) is 0 Å². The first kappa shape index (κ1) is 11.7. The van der Waals surface area contributed by atoms with Gasteiger partial charge in [0.2, 0.25) is 0 Å². The Labute approximate surface area is 110 Å². The van der Waals surface area contributed by atoms with Crippen LogP contribution in [0.4, 0.5) is 0 Å². The summed E-state index contributed by atoms with van der Waals surface area (Å²) in [6, 6.07) is 17.0. The summed E-state index contributed by atoms with van der Waals surface area (Å²) >= 11 is 0. The van der Waals surface area contributed by atoms with Gasteiger partial charge >= 0.3 is 0 Å². The van der Waals surface area contributed by atoms with Crippen molar-refractivity contribution in [2.45, 2.75) is 25.9 Å². The third-order valence-electron chi connectivity index (χ3n) is 3.10. The Kier molecular flexibility index (Phi) is 2.68. The first-order valence-corrected chi connectivity index (χ1v) is 7.50. The van der Waals surface area contributed by atoms with Crippen LogP contribution in [-0.4, -0.2) is 5.16 Å². The van der Waals surface area contributed by atoms with Crippen LogP contribution in [0.15, 0.2) is 48.5 Å². The molecule has 92 valence electrons. The zero-order valence-electron chi connectivity index (χ0n) is 11.0. The van der Waals surface area contributed by atoms with Gasteiger partial charge in [-0.15, -0.1) is 0 Å². The quantitative estimate of drug-likeness (QED) is 0.627. The zero-order chi connectivity index (χ0) is 12.8. The van der Waals surface area contributed by atoms with Crippen molar-refractivity contribution < 1.29 is 4.52 Å². The van der Waals surface area contributed by atoms with E-state index >= 15 is 0 Å². The van der Waals surface area contributed by atoms with Crippen molar-refractivity contribution in [3.63, 3.8) is 0 Å². The first-order chi connectivity index (χ1) is 8.57. The third kappa shape index (κ3) is 1.83. The molecule has 2 aromatic rings. The maximum atomic E-state index is 6.29. The van der Waals surface area contributed by atoms with Crippen molar-refractivity contribution in [2.75, 3.05) is 0 Å². The van der Waals surface area contributed by atoms with E-state index in [9.17, 15) is 0 Å². The van der Waals surface area contributed by atoms with Crippen LogP contribution in [0.1, 0.15) is 20.8 Å². The largest absolute Gasteiger partial charge is 0.468 e. The molecule has 0 amide bonds. The molecule has 0 bridgehead atoms. The highest BCUT2D eigenvalue weighted by Crippen LogP contribution is 2.55. The van der Waals surface area contributed by atoms with Gasteiger partial charge in [-0.05, 0) is 11.6 Å². The summed E-state index contributed by atoms with van der Waals surface area (Å²) < 4.78 is 6.29. The first-order valence-electron chi connectivity index (χ1n) is 6.24. The van der Waals surface area contributed by atoms with Crippen LogP contribution in [0.5, 0.6) is 5.75 Å². The van der Waals surface area contributed by atoms with E-state index in [1.165, 1.54) is 16.4 Å². The van der Waals surface area contributed by atoms with Crippen LogP contribution in [0.3, 0.4) is 0 Å². The lowest BCUT2D eigenvalue weighted by Gasteiger charge is -2.36.